The first-order chi connectivity index (χ1) is 14.8. The van der Waals surface area contributed by atoms with E-state index in [1.807, 2.05) is 0 Å². The van der Waals surface area contributed by atoms with Gasteiger partial charge in [-0.25, -0.2) is 0 Å². The second-order valence-corrected chi connectivity index (χ2v) is 8.92. The Morgan fingerprint density at radius 1 is 1.13 bits per heavy atom. The predicted molar refractivity (Wildman–Crippen MR) is 115 cm³/mol. The summed E-state index contributed by atoms with van der Waals surface area (Å²) in [6.45, 7) is 6.49. The molecule has 31 heavy (non-hydrogen) atoms. The number of rotatable bonds is 3. The highest BCUT2D eigenvalue weighted by atomic mass is 19.4. The van der Waals surface area contributed by atoms with Gasteiger partial charge in [-0.3, -0.25) is 4.79 Å². The molecular weight excluding hydrogens is 405 g/mol. The Hall–Kier alpha value is -1.60. The zero-order valence-electron chi connectivity index (χ0n) is 18.6. The van der Waals surface area contributed by atoms with E-state index in [4.69, 9.17) is 4.74 Å². The van der Waals surface area contributed by atoms with Crippen molar-refractivity contribution < 1.29 is 22.7 Å². The van der Waals surface area contributed by atoms with E-state index in [1.54, 1.807) is 11.0 Å². The number of ether oxygens (including phenoxy) is 1. The van der Waals surface area contributed by atoms with Crippen molar-refractivity contribution in [2.75, 3.05) is 19.8 Å². The average molecular weight is 441 g/mol. The molecule has 1 unspecified atom stereocenters. The van der Waals surface area contributed by atoms with Crippen molar-refractivity contribution in [3.8, 4) is 0 Å². The van der Waals surface area contributed by atoms with Gasteiger partial charge < -0.3 is 15.0 Å². The SMILES string of the molecule is CCC.O=C(C1CC[C@@H](NC2CCOCC2)C1)N1CCc2c(cccc2C(F)(F)F)C1. The number of benzene rings is 1. The van der Waals surface area contributed by atoms with Crippen LogP contribution in [0.4, 0.5) is 13.2 Å². The molecule has 1 amide bonds. The average Bonchev–Trinajstić information content (AvgIpc) is 3.21. The Labute approximate surface area is 183 Å². The van der Waals surface area contributed by atoms with E-state index in [2.05, 4.69) is 19.2 Å². The van der Waals surface area contributed by atoms with E-state index in [1.165, 1.54) is 12.5 Å². The lowest BCUT2D eigenvalue weighted by Crippen LogP contribution is -2.42. The van der Waals surface area contributed by atoms with Crippen LogP contribution < -0.4 is 5.32 Å². The number of nitrogens with one attached hydrogen (secondary N) is 1. The standard InChI is InChI=1S/C21H27F3N2O2.C3H8/c22-21(23,24)19-3-1-2-15-13-26(9-6-18(15)19)20(27)14-4-5-17(12-14)25-16-7-10-28-11-8-16;1-3-2/h1-3,14,16-17,25H,4-13H2;3H2,1-2H3/t14?,17-;/m1./s1. The van der Waals surface area contributed by atoms with Gasteiger partial charge in [-0.05, 0) is 55.7 Å². The maximum absolute atomic E-state index is 13.2. The van der Waals surface area contributed by atoms with Crippen LogP contribution >= 0.6 is 0 Å². The molecule has 2 atom stereocenters. The zero-order chi connectivity index (χ0) is 22.4. The monoisotopic (exact) mass is 440 g/mol. The van der Waals surface area contributed by atoms with Crippen LogP contribution in [0.15, 0.2) is 18.2 Å². The molecule has 1 aromatic carbocycles. The van der Waals surface area contributed by atoms with Gasteiger partial charge in [0.25, 0.3) is 0 Å². The van der Waals surface area contributed by atoms with Crippen LogP contribution in [0.3, 0.4) is 0 Å². The third-order valence-corrected chi connectivity index (χ3v) is 6.36. The van der Waals surface area contributed by atoms with Crippen molar-refractivity contribution in [1.29, 1.82) is 0 Å². The minimum Gasteiger partial charge on any atom is -0.381 e. The number of amides is 1. The highest BCUT2D eigenvalue weighted by molar-refractivity contribution is 5.79. The number of fused-ring (bicyclic) bond motifs is 1. The third kappa shape index (κ3) is 6.22. The summed E-state index contributed by atoms with van der Waals surface area (Å²) in [4.78, 5) is 14.7. The van der Waals surface area contributed by atoms with Gasteiger partial charge in [0.2, 0.25) is 5.91 Å². The van der Waals surface area contributed by atoms with Gasteiger partial charge in [-0.2, -0.15) is 13.2 Å². The fourth-order valence-corrected chi connectivity index (χ4v) is 4.88. The fraction of sp³-hybridized carbons (Fsp3) is 0.708. The first kappa shape index (κ1) is 24.1. The summed E-state index contributed by atoms with van der Waals surface area (Å²) >= 11 is 0. The fourth-order valence-electron chi connectivity index (χ4n) is 4.88. The van der Waals surface area contributed by atoms with Crippen molar-refractivity contribution in [3.05, 3.63) is 34.9 Å². The van der Waals surface area contributed by atoms with Crippen LogP contribution in [0, 0.1) is 5.92 Å². The largest absolute Gasteiger partial charge is 0.416 e. The summed E-state index contributed by atoms with van der Waals surface area (Å²) < 4.78 is 45.0. The van der Waals surface area contributed by atoms with Crippen molar-refractivity contribution in [3.63, 3.8) is 0 Å². The number of hydrogen-bond acceptors (Lipinski definition) is 3. The van der Waals surface area contributed by atoms with Crippen LogP contribution in [-0.2, 0) is 28.7 Å². The molecule has 1 saturated heterocycles. The van der Waals surface area contributed by atoms with Crippen LogP contribution in [0.1, 0.15) is 69.1 Å². The zero-order valence-corrected chi connectivity index (χ0v) is 18.6. The summed E-state index contributed by atoms with van der Waals surface area (Å²) in [7, 11) is 0. The molecule has 4 nitrogen and oxygen atoms in total. The normalized spacial score (nSPS) is 24.4. The van der Waals surface area contributed by atoms with E-state index < -0.39 is 11.7 Å². The Bertz CT molecular complexity index is 732. The van der Waals surface area contributed by atoms with E-state index in [9.17, 15) is 18.0 Å². The lowest BCUT2D eigenvalue weighted by atomic mass is 9.93. The summed E-state index contributed by atoms with van der Waals surface area (Å²) in [5, 5.41) is 3.67. The summed E-state index contributed by atoms with van der Waals surface area (Å²) in [6, 6.07) is 5.12. The van der Waals surface area contributed by atoms with Gasteiger partial charge in [-0.15, -0.1) is 0 Å². The minimum atomic E-state index is -4.34. The van der Waals surface area contributed by atoms with Crippen molar-refractivity contribution in [1.82, 2.24) is 10.2 Å². The number of carbonyl (C=O) groups excluding carboxylic acids is 1. The molecule has 3 aliphatic rings. The Balaban J connectivity index is 0.000000858. The molecule has 0 radical (unpaired) electrons. The van der Waals surface area contributed by atoms with Gasteiger partial charge in [-0.1, -0.05) is 32.4 Å². The summed E-state index contributed by atoms with van der Waals surface area (Å²) in [6.07, 6.45) is 1.86. The van der Waals surface area contributed by atoms with E-state index in [-0.39, 0.29) is 24.8 Å². The molecule has 7 heteroatoms. The van der Waals surface area contributed by atoms with Crippen molar-refractivity contribution in [2.24, 2.45) is 5.92 Å². The quantitative estimate of drug-likeness (QED) is 0.724. The molecule has 0 spiro atoms. The number of alkyl halides is 3. The second-order valence-electron chi connectivity index (χ2n) is 8.92. The maximum Gasteiger partial charge on any atom is 0.416 e. The highest BCUT2D eigenvalue weighted by Gasteiger charge is 2.38. The lowest BCUT2D eigenvalue weighted by molar-refractivity contribution is -0.139. The molecule has 2 fully saturated rings. The topological polar surface area (TPSA) is 41.6 Å². The first-order valence-electron chi connectivity index (χ1n) is 11.6. The number of carbonyl (C=O) groups is 1. The summed E-state index contributed by atoms with van der Waals surface area (Å²) in [5.74, 6) is 0.0732. The van der Waals surface area contributed by atoms with Gasteiger partial charge in [0, 0.05) is 44.3 Å². The molecule has 174 valence electrons. The van der Waals surface area contributed by atoms with Crippen LogP contribution in [0.5, 0.6) is 0 Å². The first-order valence-corrected chi connectivity index (χ1v) is 11.6. The molecule has 1 N–H and O–H groups in total. The Morgan fingerprint density at radius 2 is 1.84 bits per heavy atom. The lowest BCUT2D eigenvalue weighted by Gasteiger charge is -2.32. The van der Waals surface area contributed by atoms with Gasteiger partial charge in [0.05, 0.1) is 5.56 Å². The maximum atomic E-state index is 13.2. The van der Waals surface area contributed by atoms with E-state index in [0.29, 0.717) is 29.8 Å². The van der Waals surface area contributed by atoms with Crippen molar-refractivity contribution in [2.45, 2.75) is 83.6 Å². The van der Waals surface area contributed by atoms with Crippen LogP contribution in [0.2, 0.25) is 0 Å². The van der Waals surface area contributed by atoms with Gasteiger partial charge in [0.15, 0.2) is 0 Å². The van der Waals surface area contributed by atoms with Gasteiger partial charge >= 0.3 is 6.18 Å². The third-order valence-electron chi connectivity index (χ3n) is 6.36. The highest BCUT2D eigenvalue weighted by Crippen LogP contribution is 2.36. The molecule has 0 aromatic heterocycles. The van der Waals surface area contributed by atoms with E-state index >= 15 is 0 Å². The van der Waals surface area contributed by atoms with Gasteiger partial charge in [0.1, 0.15) is 0 Å². The molecule has 0 bridgehead atoms. The molecule has 2 heterocycles. The molecule has 1 aliphatic carbocycles. The number of halogens is 3. The van der Waals surface area contributed by atoms with E-state index in [0.717, 1.165) is 51.4 Å². The molecule has 4 rings (SSSR count). The molecular formula is C24H35F3N2O2. The number of hydrogen-bond donors (Lipinski definition) is 1. The number of nitrogens with zero attached hydrogens (tertiary/aromatic N) is 1. The summed E-state index contributed by atoms with van der Waals surface area (Å²) in [5.41, 5.74) is 0.424. The second kappa shape index (κ2) is 10.8. The Morgan fingerprint density at radius 3 is 2.52 bits per heavy atom. The Kier molecular flexibility index (Phi) is 8.39. The predicted octanol–water partition coefficient (Wildman–Crippen LogP) is 4.94. The van der Waals surface area contributed by atoms with Crippen LogP contribution in [0.25, 0.3) is 0 Å². The smallest absolute Gasteiger partial charge is 0.381 e. The molecule has 1 aromatic rings. The van der Waals surface area contributed by atoms with Crippen molar-refractivity contribution >= 4 is 5.91 Å². The molecule has 2 aliphatic heterocycles. The minimum absolute atomic E-state index is 0.0234. The molecule has 1 saturated carbocycles. The van der Waals surface area contributed by atoms with Crippen LogP contribution in [-0.4, -0.2) is 42.6 Å².